The van der Waals surface area contributed by atoms with Crippen molar-refractivity contribution in [3.8, 4) is 0 Å². The summed E-state index contributed by atoms with van der Waals surface area (Å²) in [6.07, 6.45) is 3.53. The molecule has 1 aromatic carbocycles. The van der Waals surface area contributed by atoms with E-state index >= 15 is 0 Å². The zero-order chi connectivity index (χ0) is 15.1. The van der Waals surface area contributed by atoms with E-state index in [0.29, 0.717) is 23.8 Å². The van der Waals surface area contributed by atoms with Gasteiger partial charge < -0.3 is 4.57 Å². The lowest BCUT2D eigenvalue weighted by Gasteiger charge is -2.36. The van der Waals surface area contributed by atoms with Crippen LogP contribution in [0.3, 0.4) is 0 Å². The third-order valence-corrected chi connectivity index (χ3v) is 5.45. The Bertz CT molecular complexity index is 668. The standard InChI is InChI=1S/C16H19Cl2FN2/c1-9-4-3-5-14(10(9)2)21-15-7-12(19)11(18)6-13(15)20-16(21)8-17/h6-7,9-10,14H,3-5,8H2,1-2H3. The zero-order valence-electron chi connectivity index (χ0n) is 12.2. The molecule has 1 aliphatic carbocycles. The van der Waals surface area contributed by atoms with E-state index in [-0.39, 0.29) is 5.02 Å². The normalized spacial score (nSPS) is 26.4. The van der Waals surface area contributed by atoms with Crippen LogP contribution in [0.4, 0.5) is 4.39 Å². The van der Waals surface area contributed by atoms with Crippen molar-refractivity contribution >= 4 is 34.2 Å². The molecule has 2 nitrogen and oxygen atoms in total. The lowest BCUT2D eigenvalue weighted by atomic mass is 9.78. The topological polar surface area (TPSA) is 17.8 Å². The first kappa shape index (κ1) is 15.1. The Morgan fingerprint density at radius 1 is 1.33 bits per heavy atom. The number of fused-ring (bicyclic) bond motifs is 1. The van der Waals surface area contributed by atoms with E-state index in [4.69, 9.17) is 23.2 Å². The highest BCUT2D eigenvalue weighted by atomic mass is 35.5. The molecule has 0 radical (unpaired) electrons. The zero-order valence-corrected chi connectivity index (χ0v) is 13.8. The van der Waals surface area contributed by atoms with Gasteiger partial charge in [-0.25, -0.2) is 9.37 Å². The number of nitrogens with zero attached hydrogens (tertiary/aromatic N) is 2. The van der Waals surface area contributed by atoms with Gasteiger partial charge in [0.1, 0.15) is 11.6 Å². The van der Waals surface area contributed by atoms with Crippen molar-refractivity contribution in [2.75, 3.05) is 0 Å². The number of rotatable bonds is 2. The quantitative estimate of drug-likeness (QED) is 0.659. The molecule has 0 amide bonds. The second-order valence-electron chi connectivity index (χ2n) is 6.12. The molecule has 3 atom stereocenters. The number of halogens is 3. The van der Waals surface area contributed by atoms with Gasteiger partial charge in [0.05, 0.1) is 21.9 Å². The van der Waals surface area contributed by atoms with Crippen LogP contribution in [0.25, 0.3) is 11.0 Å². The van der Waals surface area contributed by atoms with Gasteiger partial charge in [0.25, 0.3) is 0 Å². The van der Waals surface area contributed by atoms with Crippen molar-refractivity contribution in [2.24, 2.45) is 11.8 Å². The third-order valence-electron chi connectivity index (χ3n) is 4.92. The lowest BCUT2D eigenvalue weighted by Crippen LogP contribution is -2.28. The number of benzene rings is 1. The molecule has 5 heteroatoms. The summed E-state index contributed by atoms with van der Waals surface area (Å²) in [5.41, 5.74) is 1.53. The summed E-state index contributed by atoms with van der Waals surface area (Å²) >= 11 is 11.9. The maximum absolute atomic E-state index is 13.9. The fourth-order valence-electron chi connectivity index (χ4n) is 3.52. The lowest BCUT2D eigenvalue weighted by molar-refractivity contribution is 0.187. The van der Waals surface area contributed by atoms with Crippen molar-refractivity contribution in [3.63, 3.8) is 0 Å². The monoisotopic (exact) mass is 328 g/mol. The van der Waals surface area contributed by atoms with Gasteiger partial charge in [-0.15, -0.1) is 11.6 Å². The molecule has 1 heterocycles. The highest BCUT2D eigenvalue weighted by molar-refractivity contribution is 6.31. The van der Waals surface area contributed by atoms with Gasteiger partial charge in [-0.2, -0.15) is 0 Å². The number of alkyl halides is 1. The molecule has 1 saturated carbocycles. The van der Waals surface area contributed by atoms with E-state index in [1.807, 2.05) is 0 Å². The van der Waals surface area contributed by atoms with Gasteiger partial charge in [0.15, 0.2) is 0 Å². The van der Waals surface area contributed by atoms with E-state index in [1.54, 1.807) is 6.07 Å². The number of aromatic nitrogens is 2. The van der Waals surface area contributed by atoms with Gasteiger partial charge in [-0.3, -0.25) is 0 Å². The molecule has 2 aromatic rings. The summed E-state index contributed by atoms with van der Waals surface area (Å²) in [5, 5.41) is 0.110. The van der Waals surface area contributed by atoms with Crippen LogP contribution < -0.4 is 0 Å². The molecule has 1 fully saturated rings. The molecule has 0 bridgehead atoms. The first-order valence-corrected chi connectivity index (χ1v) is 8.36. The van der Waals surface area contributed by atoms with Crippen molar-refractivity contribution in [1.29, 1.82) is 0 Å². The molecule has 114 valence electrons. The minimum absolute atomic E-state index is 0.110. The average Bonchev–Trinajstić information content (AvgIpc) is 2.80. The second kappa shape index (κ2) is 5.77. The molecular weight excluding hydrogens is 310 g/mol. The van der Waals surface area contributed by atoms with Crippen molar-refractivity contribution < 1.29 is 4.39 Å². The van der Waals surface area contributed by atoms with Gasteiger partial charge >= 0.3 is 0 Å². The first-order chi connectivity index (χ1) is 10.0. The Kier molecular flexibility index (Phi) is 4.15. The van der Waals surface area contributed by atoms with Crippen LogP contribution in [0.5, 0.6) is 0 Å². The highest BCUT2D eigenvalue weighted by Crippen LogP contribution is 2.40. The molecule has 0 aliphatic heterocycles. The number of hydrogen-bond donors (Lipinski definition) is 0. The largest absolute Gasteiger partial charge is 0.323 e. The fraction of sp³-hybridized carbons (Fsp3) is 0.562. The number of hydrogen-bond acceptors (Lipinski definition) is 1. The minimum atomic E-state index is -0.400. The molecule has 3 unspecified atom stereocenters. The molecule has 21 heavy (non-hydrogen) atoms. The predicted molar refractivity (Wildman–Crippen MR) is 85.5 cm³/mol. The van der Waals surface area contributed by atoms with Gasteiger partial charge in [-0.05, 0) is 24.3 Å². The van der Waals surface area contributed by atoms with Crippen LogP contribution in [-0.2, 0) is 5.88 Å². The summed E-state index contributed by atoms with van der Waals surface area (Å²) in [7, 11) is 0. The van der Waals surface area contributed by atoms with E-state index in [9.17, 15) is 4.39 Å². The van der Waals surface area contributed by atoms with Crippen LogP contribution in [0.15, 0.2) is 12.1 Å². The van der Waals surface area contributed by atoms with Crippen molar-refractivity contribution in [2.45, 2.75) is 45.0 Å². The van der Waals surface area contributed by atoms with Gasteiger partial charge in [-0.1, -0.05) is 38.3 Å². The Labute approximate surface area is 134 Å². The summed E-state index contributed by atoms with van der Waals surface area (Å²) < 4.78 is 16.0. The van der Waals surface area contributed by atoms with E-state index in [0.717, 1.165) is 23.3 Å². The fourth-order valence-corrected chi connectivity index (χ4v) is 3.87. The summed E-state index contributed by atoms with van der Waals surface area (Å²) in [4.78, 5) is 4.55. The first-order valence-electron chi connectivity index (χ1n) is 7.44. The number of imidazole rings is 1. The van der Waals surface area contributed by atoms with E-state index < -0.39 is 5.82 Å². The Hall–Kier alpha value is -0.800. The smallest absolute Gasteiger partial charge is 0.144 e. The molecule has 1 aromatic heterocycles. The molecular formula is C16H19Cl2FN2. The van der Waals surface area contributed by atoms with Gasteiger partial charge in [0, 0.05) is 12.1 Å². The maximum atomic E-state index is 13.9. The Morgan fingerprint density at radius 3 is 2.81 bits per heavy atom. The maximum Gasteiger partial charge on any atom is 0.144 e. The third kappa shape index (κ3) is 2.55. The van der Waals surface area contributed by atoms with Crippen LogP contribution in [0.1, 0.15) is 45.0 Å². The van der Waals surface area contributed by atoms with Crippen molar-refractivity contribution in [1.82, 2.24) is 9.55 Å². The summed E-state index contributed by atoms with van der Waals surface area (Å²) in [6, 6.07) is 3.41. The second-order valence-corrected chi connectivity index (χ2v) is 6.80. The van der Waals surface area contributed by atoms with Crippen LogP contribution in [0.2, 0.25) is 5.02 Å². The summed E-state index contributed by atoms with van der Waals surface area (Å²) in [6.45, 7) is 4.55. The molecule has 0 spiro atoms. The van der Waals surface area contributed by atoms with Crippen LogP contribution in [0, 0.1) is 17.7 Å². The average molecular weight is 329 g/mol. The SMILES string of the molecule is CC1CCCC(n2c(CCl)nc3cc(Cl)c(F)cc32)C1C. The van der Waals surface area contributed by atoms with E-state index in [1.165, 1.54) is 18.9 Å². The Balaban J connectivity index is 2.18. The minimum Gasteiger partial charge on any atom is -0.323 e. The molecule has 0 saturated heterocycles. The van der Waals surface area contributed by atoms with E-state index in [2.05, 4.69) is 23.4 Å². The highest BCUT2D eigenvalue weighted by Gasteiger charge is 2.31. The van der Waals surface area contributed by atoms with Crippen molar-refractivity contribution in [3.05, 3.63) is 28.8 Å². The summed E-state index contributed by atoms with van der Waals surface area (Å²) in [5.74, 6) is 1.91. The molecule has 0 N–H and O–H groups in total. The van der Waals surface area contributed by atoms with Crippen LogP contribution >= 0.6 is 23.2 Å². The molecule has 1 aliphatic rings. The Morgan fingerprint density at radius 2 is 2.10 bits per heavy atom. The predicted octanol–water partition coefficient (Wildman–Crippen LogP) is 5.56. The molecule has 3 rings (SSSR count). The van der Waals surface area contributed by atoms with Gasteiger partial charge in [0.2, 0.25) is 0 Å². The van der Waals surface area contributed by atoms with Crippen LogP contribution in [-0.4, -0.2) is 9.55 Å².